The number of aromatic hydroxyl groups is 1. The van der Waals surface area contributed by atoms with Gasteiger partial charge in [0.15, 0.2) is 17.3 Å². The summed E-state index contributed by atoms with van der Waals surface area (Å²) in [6.45, 7) is 1.53. The second-order valence-electron chi connectivity index (χ2n) is 6.02. The van der Waals surface area contributed by atoms with Crippen molar-refractivity contribution in [1.29, 1.82) is 0 Å². The Kier molecular flexibility index (Phi) is 6.03. The number of hydrogen-bond acceptors (Lipinski definition) is 6. The van der Waals surface area contributed by atoms with Crippen LogP contribution in [-0.4, -0.2) is 41.5 Å². The van der Waals surface area contributed by atoms with Crippen LogP contribution in [0.5, 0.6) is 5.75 Å². The SMILES string of the molecule is CCOC(=O)CNC(=O)c1nc(N=CN)c2cc(-c3ccccc3)ccc2c1O. The molecular weight excluding hydrogens is 372 g/mol. The first-order valence-corrected chi connectivity index (χ1v) is 8.95. The molecule has 8 heteroatoms. The van der Waals surface area contributed by atoms with Gasteiger partial charge in [0.2, 0.25) is 0 Å². The molecule has 148 valence electrons. The molecule has 0 spiro atoms. The third kappa shape index (κ3) is 4.32. The third-order valence-electron chi connectivity index (χ3n) is 4.18. The van der Waals surface area contributed by atoms with Crippen LogP contribution in [0.2, 0.25) is 0 Å². The zero-order valence-corrected chi connectivity index (χ0v) is 15.8. The molecule has 0 unspecified atom stereocenters. The Labute approximate surface area is 167 Å². The lowest BCUT2D eigenvalue weighted by Gasteiger charge is -2.11. The van der Waals surface area contributed by atoms with Gasteiger partial charge in [-0.2, -0.15) is 0 Å². The summed E-state index contributed by atoms with van der Waals surface area (Å²) < 4.78 is 4.77. The predicted molar refractivity (Wildman–Crippen MR) is 110 cm³/mol. The molecule has 0 bridgehead atoms. The molecule has 29 heavy (non-hydrogen) atoms. The van der Waals surface area contributed by atoms with Crippen molar-refractivity contribution in [2.75, 3.05) is 13.2 Å². The number of carbonyl (C=O) groups is 2. The molecule has 0 fully saturated rings. The van der Waals surface area contributed by atoms with Crippen molar-refractivity contribution >= 4 is 34.8 Å². The van der Waals surface area contributed by atoms with Gasteiger partial charge in [-0.05, 0) is 30.2 Å². The summed E-state index contributed by atoms with van der Waals surface area (Å²) in [4.78, 5) is 32.1. The van der Waals surface area contributed by atoms with E-state index in [9.17, 15) is 14.7 Å². The number of nitrogens with one attached hydrogen (secondary N) is 1. The second-order valence-corrected chi connectivity index (χ2v) is 6.02. The van der Waals surface area contributed by atoms with E-state index >= 15 is 0 Å². The molecule has 1 amide bonds. The van der Waals surface area contributed by atoms with Gasteiger partial charge in [0.25, 0.3) is 5.91 Å². The summed E-state index contributed by atoms with van der Waals surface area (Å²) in [6, 6.07) is 15.0. The quantitative estimate of drug-likeness (QED) is 0.336. The number of nitrogens with two attached hydrogens (primary N) is 1. The number of benzene rings is 2. The Balaban J connectivity index is 2.04. The number of esters is 1. The lowest BCUT2D eigenvalue weighted by molar-refractivity contribution is -0.141. The van der Waals surface area contributed by atoms with Crippen LogP contribution in [0.1, 0.15) is 17.4 Å². The van der Waals surface area contributed by atoms with E-state index in [4.69, 9.17) is 10.5 Å². The van der Waals surface area contributed by atoms with Crippen molar-refractivity contribution in [3.8, 4) is 16.9 Å². The van der Waals surface area contributed by atoms with Crippen molar-refractivity contribution in [2.24, 2.45) is 10.7 Å². The van der Waals surface area contributed by atoms with Crippen LogP contribution < -0.4 is 11.1 Å². The molecule has 1 aromatic heterocycles. The summed E-state index contributed by atoms with van der Waals surface area (Å²) in [7, 11) is 0. The largest absolute Gasteiger partial charge is 0.505 e. The van der Waals surface area contributed by atoms with E-state index in [2.05, 4.69) is 15.3 Å². The van der Waals surface area contributed by atoms with Crippen molar-refractivity contribution in [2.45, 2.75) is 6.92 Å². The zero-order chi connectivity index (χ0) is 20.8. The number of rotatable bonds is 6. The van der Waals surface area contributed by atoms with Crippen LogP contribution in [0.25, 0.3) is 21.9 Å². The monoisotopic (exact) mass is 392 g/mol. The number of nitrogens with zero attached hydrogens (tertiary/aromatic N) is 2. The summed E-state index contributed by atoms with van der Waals surface area (Å²) in [5.41, 5.74) is 7.06. The molecule has 4 N–H and O–H groups in total. The number of hydrogen-bond donors (Lipinski definition) is 3. The van der Waals surface area contributed by atoms with Gasteiger partial charge in [0, 0.05) is 10.8 Å². The van der Waals surface area contributed by atoms with Crippen molar-refractivity contribution in [1.82, 2.24) is 10.3 Å². The molecule has 2 aromatic carbocycles. The molecule has 0 atom stereocenters. The second kappa shape index (κ2) is 8.83. The molecule has 1 heterocycles. The van der Waals surface area contributed by atoms with Crippen LogP contribution in [0, 0.1) is 0 Å². The lowest BCUT2D eigenvalue weighted by Crippen LogP contribution is -2.31. The molecular formula is C21H20N4O4. The highest BCUT2D eigenvalue weighted by Crippen LogP contribution is 2.36. The molecule has 0 aliphatic carbocycles. The Hall–Kier alpha value is -3.94. The highest BCUT2D eigenvalue weighted by atomic mass is 16.5. The minimum absolute atomic E-state index is 0.180. The average molecular weight is 392 g/mol. The molecule has 0 radical (unpaired) electrons. The van der Waals surface area contributed by atoms with E-state index in [1.807, 2.05) is 42.5 Å². The van der Waals surface area contributed by atoms with Crippen LogP contribution in [0.15, 0.2) is 53.5 Å². The minimum Gasteiger partial charge on any atom is -0.505 e. The fourth-order valence-corrected chi connectivity index (χ4v) is 2.87. The standard InChI is InChI=1S/C21H20N4O4/c1-2-29-17(26)11-23-21(28)18-19(27)15-9-8-14(13-6-4-3-5-7-13)10-16(15)20(25-18)24-12-22/h3-10,12,27H,2,11H2,1H3,(H,23,28)(H2,22,24,25). The van der Waals surface area contributed by atoms with Crippen LogP contribution in [-0.2, 0) is 9.53 Å². The molecule has 3 rings (SSSR count). The Morgan fingerprint density at radius 1 is 1.17 bits per heavy atom. The molecule has 0 aliphatic heterocycles. The number of ether oxygens (including phenoxy) is 1. The van der Waals surface area contributed by atoms with Crippen molar-refractivity contribution in [3.05, 3.63) is 54.2 Å². The number of carbonyl (C=O) groups excluding carboxylic acids is 2. The lowest BCUT2D eigenvalue weighted by atomic mass is 10.0. The summed E-state index contributed by atoms with van der Waals surface area (Å²) in [6.07, 6.45) is 1.06. The highest BCUT2D eigenvalue weighted by Gasteiger charge is 2.20. The molecule has 3 aromatic rings. The maximum Gasteiger partial charge on any atom is 0.325 e. The molecule has 0 saturated heterocycles. The summed E-state index contributed by atoms with van der Waals surface area (Å²) in [5.74, 6) is -1.44. The fraction of sp³-hybridized carbons (Fsp3) is 0.143. The molecule has 0 saturated carbocycles. The summed E-state index contributed by atoms with van der Waals surface area (Å²) >= 11 is 0. The number of fused-ring (bicyclic) bond motifs is 1. The van der Waals surface area contributed by atoms with Gasteiger partial charge in [0.1, 0.15) is 6.54 Å². The Bertz CT molecular complexity index is 1080. The van der Waals surface area contributed by atoms with E-state index in [0.29, 0.717) is 10.8 Å². The zero-order valence-electron chi connectivity index (χ0n) is 15.8. The van der Waals surface area contributed by atoms with Gasteiger partial charge in [-0.15, -0.1) is 0 Å². The van der Waals surface area contributed by atoms with Crippen molar-refractivity contribution in [3.63, 3.8) is 0 Å². The van der Waals surface area contributed by atoms with Gasteiger partial charge in [-0.25, -0.2) is 9.98 Å². The van der Waals surface area contributed by atoms with Crippen molar-refractivity contribution < 1.29 is 19.4 Å². The van der Waals surface area contributed by atoms with Crippen LogP contribution >= 0.6 is 0 Å². The summed E-state index contributed by atoms with van der Waals surface area (Å²) in [5, 5.41) is 13.9. The number of aromatic nitrogens is 1. The van der Waals surface area contributed by atoms with Gasteiger partial charge in [0.05, 0.1) is 12.9 Å². The first kappa shape index (κ1) is 19.8. The highest BCUT2D eigenvalue weighted by molar-refractivity contribution is 6.06. The first-order valence-electron chi connectivity index (χ1n) is 8.95. The fourth-order valence-electron chi connectivity index (χ4n) is 2.87. The van der Waals surface area contributed by atoms with E-state index in [1.165, 1.54) is 0 Å². The number of aliphatic imine (C=N–C) groups is 1. The van der Waals surface area contributed by atoms with Gasteiger partial charge in [-0.3, -0.25) is 9.59 Å². The smallest absolute Gasteiger partial charge is 0.325 e. The first-order chi connectivity index (χ1) is 14.0. The normalized spacial score (nSPS) is 10.9. The average Bonchev–Trinajstić information content (AvgIpc) is 2.74. The van der Waals surface area contributed by atoms with E-state index in [1.54, 1.807) is 13.0 Å². The number of pyridine rings is 1. The Morgan fingerprint density at radius 3 is 2.62 bits per heavy atom. The molecule has 8 nitrogen and oxygen atoms in total. The van der Waals surface area contributed by atoms with Crippen LogP contribution in [0.4, 0.5) is 5.82 Å². The Morgan fingerprint density at radius 2 is 1.93 bits per heavy atom. The third-order valence-corrected chi connectivity index (χ3v) is 4.18. The van der Waals surface area contributed by atoms with Gasteiger partial charge in [-0.1, -0.05) is 36.4 Å². The number of amides is 1. The molecule has 0 aliphatic rings. The van der Waals surface area contributed by atoms with Gasteiger partial charge >= 0.3 is 5.97 Å². The maximum absolute atomic E-state index is 12.4. The van der Waals surface area contributed by atoms with Gasteiger partial charge < -0.3 is 20.9 Å². The predicted octanol–water partition coefficient (Wildman–Crippen LogP) is 2.52. The van der Waals surface area contributed by atoms with E-state index < -0.39 is 11.9 Å². The maximum atomic E-state index is 12.4. The van der Waals surface area contributed by atoms with E-state index in [-0.39, 0.29) is 30.4 Å². The van der Waals surface area contributed by atoms with Crippen LogP contribution in [0.3, 0.4) is 0 Å². The minimum atomic E-state index is -0.724. The van der Waals surface area contributed by atoms with E-state index in [0.717, 1.165) is 17.5 Å². The topological polar surface area (TPSA) is 127 Å².